The minimum Gasteiger partial charge on any atom is -0.480 e. The van der Waals surface area contributed by atoms with E-state index in [9.17, 15) is 14.7 Å². The van der Waals surface area contributed by atoms with Gasteiger partial charge in [-0.05, 0) is 31.9 Å². The number of aliphatic carboxylic acids is 1. The maximum Gasteiger partial charge on any atom is 0.356 e. The first-order valence-electron chi connectivity index (χ1n) is 6.04. The summed E-state index contributed by atoms with van der Waals surface area (Å²) in [5.74, 6) is -1.39. The normalized spacial score (nSPS) is 22.3. The number of hydrogen-bond acceptors (Lipinski definition) is 5. The Kier molecular flexibility index (Phi) is 3.42. The quantitative estimate of drug-likeness (QED) is 0.829. The lowest BCUT2D eigenvalue weighted by atomic mass is 9.99. The zero-order valence-electron chi connectivity index (χ0n) is 10.9. The summed E-state index contributed by atoms with van der Waals surface area (Å²) in [6, 6.07) is 3.28. The Morgan fingerprint density at radius 2 is 2.26 bits per heavy atom. The van der Waals surface area contributed by atoms with Gasteiger partial charge in [-0.2, -0.15) is 0 Å². The molecule has 1 fully saturated rings. The minimum absolute atomic E-state index is 0.180. The number of carboxylic acids is 1. The van der Waals surface area contributed by atoms with Crippen molar-refractivity contribution in [3.63, 3.8) is 0 Å². The van der Waals surface area contributed by atoms with Crippen LogP contribution in [0.4, 0.5) is 5.69 Å². The van der Waals surface area contributed by atoms with Crippen LogP contribution in [0.3, 0.4) is 0 Å². The lowest BCUT2D eigenvalue weighted by Crippen LogP contribution is -2.48. The van der Waals surface area contributed by atoms with Crippen LogP contribution in [0, 0.1) is 0 Å². The molecule has 0 aliphatic carbocycles. The van der Waals surface area contributed by atoms with Gasteiger partial charge in [0, 0.05) is 18.4 Å². The van der Waals surface area contributed by atoms with E-state index >= 15 is 0 Å². The first kappa shape index (κ1) is 13.3. The van der Waals surface area contributed by atoms with Crippen molar-refractivity contribution in [1.82, 2.24) is 4.98 Å². The molecule has 6 nitrogen and oxygen atoms in total. The van der Waals surface area contributed by atoms with Crippen LogP contribution in [0.5, 0.6) is 0 Å². The van der Waals surface area contributed by atoms with Gasteiger partial charge in [-0.1, -0.05) is 0 Å². The number of hydrogen-bond donors (Lipinski definition) is 1. The number of anilines is 1. The van der Waals surface area contributed by atoms with E-state index in [4.69, 9.17) is 0 Å². The molecule has 1 saturated heterocycles. The Morgan fingerprint density at radius 1 is 1.53 bits per heavy atom. The van der Waals surface area contributed by atoms with Crippen molar-refractivity contribution >= 4 is 17.6 Å². The molecule has 1 N–H and O–H groups in total. The molecular formula is C13H16N2O4. The molecule has 1 aromatic rings. The van der Waals surface area contributed by atoms with Crippen LogP contribution in [-0.2, 0) is 9.53 Å². The predicted molar refractivity (Wildman–Crippen MR) is 68.2 cm³/mol. The van der Waals surface area contributed by atoms with Gasteiger partial charge in [-0.15, -0.1) is 0 Å². The third-order valence-electron chi connectivity index (χ3n) is 3.55. The SMILES string of the molecule is COC(=O)c1cc(N2CCCC2(C)C(=O)O)ccn1. The van der Waals surface area contributed by atoms with Gasteiger partial charge in [0.15, 0.2) is 0 Å². The highest BCUT2D eigenvalue weighted by Crippen LogP contribution is 2.34. The Balaban J connectivity index is 2.36. The van der Waals surface area contributed by atoms with Gasteiger partial charge in [-0.25, -0.2) is 14.6 Å². The fourth-order valence-electron chi connectivity index (χ4n) is 2.40. The summed E-state index contributed by atoms with van der Waals surface area (Å²) in [5.41, 5.74) is -0.0770. The first-order valence-corrected chi connectivity index (χ1v) is 6.04. The second-order valence-electron chi connectivity index (χ2n) is 4.73. The third-order valence-corrected chi connectivity index (χ3v) is 3.55. The number of aromatic nitrogens is 1. The lowest BCUT2D eigenvalue weighted by Gasteiger charge is -2.33. The molecule has 19 heavy (non-hydrogen) atoms. The topological polar surface area (TPSA) is 79.7 Å². The molecule has 1 aliphatic rings. The second kappa shape index (κ2) is 4.87. The van der Waals surface area contributed by atoms with Crippen molar-refractivity contribution < 1.29 is 19.4 Å². The van der Waals surface area contributed by atoms with E-state index in [0.29, 0.717) is 18.7 Å². The van der Waals surface area contributed by atoms with Crippen molar-refractivity contribution in [2.75, 3.05) is 18.6 Å². The summed E-state index contributed by atoms with van der Waals surface area (Å²) in [7, 11) is 1.29. The van der Waals surface area contributed by atoms with Gasteiger partial charge < -0.3 is 14.7 Å². The van der Waals surface area contributed by atoms with Gasteiger partial charge in [0.05, 0.1) is 7.11 Å². The van der Waals surface area contributed by atoms with Gasteiger partial charge in [0.1, 0.15) is 11.2 Å². The van der Waals surface area contributed by atoms with Crippen molar-refractivity contribution in [2.45, 2.75) is 25.3 Å². The molecule has 0 bridgehead atoms. The van der Waals surface area contributed by atoms with Crippen LogP contribution in [-0.4, -0.2) is 41.2 Å². The number of carboxylic acid groups (broad SMARTS) is 1. The van der Waals surface area contributed by atoms with Crippen LogP contribution in [0.1, 0.15) is 30.3 Å². The number of nitrogens with zero attached hydrogens (tertiary/aromatic N) is 2. The summed E-state index contributed by atoms with van der Waals surface area (Å²) in [6.45, 7) is 2.34. The van der Waals surface area contributed by atoms with Crippen molar-refractivity contribution in [3.8, 4) is 0 Å². The largest absolute Gasteiger partial charge is 0.480 e. The third kappa shape index (κ3) is 2.25. The fourth-order valence-corrected chi connectivity index (χ4v) is 2.40. The summed E-state index contributed by atoms with van der Waals surface area (Å²) in [4.78, 5) is 28.6. The van der Waals surface area contributed by atoms with E-state index in [1.54, 1.807) is 24.0 Å². The summed E-state index contributed by atoms with van der Waals surface area (Å²) >= 11 is 0. The second-order valence-corrected chi connectivity index (χ2v) is 4.73. The molecule has 2 heterocycles. The Hall–Kier alpha value is -2.11. The van der Waals surface area contributed by atoms with Crippen LogP contribution < -0.4 is 4.90 Å². The molecule has 0 aromatic carbocycles. The molecule has 0 saturated carbocycles. The Bertz CT molecular complexity index is 517. The molecule has 1 unspecified atom stereocenters. The maximum atomic E-state index is 11.5. The zero-order chi connectivity index (χ0) is 14.0. The monoisotopic (exact) mass is 264 g/mol. The number of methoxy groups -OCH3 is 1. The highest BCUT2D eigenvalue weighted by molar-refractivity contribution is 5.89. The lowest BCUT2D eigenvalue weighted by molar-refractivity contribution is -0.142. The smallest absolute Gasteiger partial charge is 0.356 e. The van der Waals surface area contributed by atoms with E-state index in [0.717, 1.165) is 6.42 Å². The van der Waals surface area contributed by atoms with E-state index in [1.807, 2.05) is 0 Å². The molecule has 0 radical (unpaired) electrons. The summed E-state index contributed by atoms with van der Waals surface area (Å²) < 4.78 is 4.62. The van der Waals surface area contributed by atoms with Crippen molar-refractivity contribution in [2.24, 2.45) is 0 Å². The highest BCUT2D eigenvalue weighted by atomic mass is 16.5. The average molecular weight is 264 g/mol. The summed E-state index contributed by atoms with van der Waals surface area (Å²) in [6.07, 6.45) is 2.87. The van der Waals surface area contributed by atoms with Gasteiger partial charge in [0.25, 0.3) is 0 Å². The van der Waals surface area contributed by atoms with Gasteiger partial charge in [-0.3, -0.25) is 0 Å². The molecule has 0 amide bonds. The van der Waals surface area contributed by atoms with Crippen LogP contribution in [0.2, 0.25) is 0 Å². The fraction of sp³-hybridized carbons (Fsp3) is 0.462. The number of esters is 1. The number of rotatable bonds is 3. The minimum atomic E-state index is -0.936. The molecule has 102 valence electrons. The number of pyridine rings is 1. The molecule has 1 aromatic heterocycles. The molecule has 1 aliphatic heterocycles. The number of ether oxygens (including phenoxy) is 1. The summed E-state index contributed by atoms with van der Waals surface area (Å²) in [5, 5.41) is 9.38. The van der Waals surface area contributed by atoms with Crippen LogP contribution in [0.25, 0.3) is 0 Å². The molecule has 2 rings (SSSR count). The predicted octanol–water partition coefficient (Wildman–Crippen LogP) is 1.31. The van der Waals surface area contributed by atoms with E-state index in [1.165, 1.54) is 13.3 Å². The Labute approximate surface area is 111 Å². The van der Waals surface area contributed by atoms with Gasteiger partial charge >= 0.3 is 11.9 Å². The van der Waals surface area contributed by atoms with E-state index in [2.05, 4.69) is 9.72 Å². The highest BCUT2D eigenvalue weighted by Gasteiger charge is 2.43. The number of carbonyl (C=O) groups excluding carboxylic acids is 1. The average Bonchev–Trinajstić information content (AvgIpc) is 2.81. The molecule has 0 spiro atoms. The number of carbonyl (C=O) groups is 2. The molecular weight excluding hydrogens is 248 g/mol. The van der Waals surface area contributed by atoms with Crippen molar-refractivity contribution in [1.29, 1.82) is 0 Å². The molecule has 1 atom stereocenters. The zero-order valence-corrected chi connectivity index (χ0v) is 10.9. The maximum absolute atomic E-state index is 11.5. The first-order chi connectivity index (χ1) is 8.99. The molecule has 6 heteroatoms. The van der Waals surface area contributed by atoms with Crippen molar-refractivity contribution in [3.05, 3.63) is 24.0 Å². The van der Waals surface area contributed by atoms with Crippen LogP contribution >= 0.6 is 0 Å². The standard InChI is InChI=1S/C13H16N2O4/c1-13(12(17)18)5-3-7-15(13)9-4-6-14-10(8-9)11(16)19-2/h4,6,8H,3,5,7H2,1-2H3,(H,17,18). The Morgan fingerprint density at radius 3 is 2.89 bits per heavy atom. The van der Waals surface area contributed by atoms with Gasteiger partial charge in [0.2, 0.25) is 0 Å². The van der Waals surface area contributed by atoms with E-state index in [-0.39, 0.29) is 5.69 Å². The van der Waals surface area contributed by atoms with E-state index < -0.39 is 17.5 Å². The van der Waals surface area contributed by atoms with Crippen LogP contribution in [0.15, 0.2) is 18.3 Å².